The van der Waals surface area contributed by atoms with Crippen LogP contribution < -0.4 is 0 Å². The molecule has 0 aliphatic heterocycles. The maximum atomic E-state index is 12.5. The SMILES string of the molecule is CC(Cc1ncccc1C(F)F)C(=O)O. The average Bonchev–Trinajstić information content (AvgIpc) is 2.18. The molecule has 3 nitrogen and oxygen atoms in total. The molecule has 0 aliphatic rings. The van der Waals surface area contributed by atoms with Crippen molar-refractivity contribution < 1.29 is 18.7 Å². The van der Waals surface area contributed by atoms with E-state index in [4.69, 9.17) is 5.11 Å². The summed E-state index contributed by atoms with van der Waals surface area (Å²) in [6, 6.07) is 2.68. The zero-order valence-electron chi connectivity index (χ0n) is 8.15. The van der Waals surface area contributed by atoms with E-state index >= 15 is 0 Å². The fourth-order valence-corrected chi connectivity index (χ4v) is 1.20. The van der Waals surface area contributed by atoms with Crippen molar-refractivity contribution in [1.82, 2.24) is 4.98 Å². The van der Waals surface area contributed by atoms with Crippen LogP contribution in [0.1, 0.15) is 24.6 Å². The lowest BCUT2D eigenvalue weighted by Gasteiger charge is -2.09. The van der Waals surface area contributed by atoms with Crippen molar-refractivity contribution in [2.45, 2.75) is 19.8 Å². The maximum Gasteiger partial charge on any atom is 0.306 e. The minimum absolute atomic E-state index is 0.0237. The van der Waals surface area contributed by atoms with Gasteiger partial charge in [0.15, 0.2) is 0 Å². The molecule has 1 aromatic heterocycles. The molecule has 0 saturated carbocycles. The third-order valence-electron chi connectivity index (χ3n) is 2.08. The molecule has 1 rings (SSSR count). The Labute approximate surface area is 85.8 Å². The van der Waals surface area contributed by atoms with Crippen LogP contribution in [-0.2, 0) is 11.2 Å². The highest BCUT2D eigenvalue weighted by Gasteiger charge is 2.18. The lowest BCUT2D eigenvalue weighted by molar-refractivity contribution is -0.141. The fourth-order valence-electron chi connectivity index (χ4n) is 1.20. The molecule has 82 valence electrons. The third kappa shape index (κ3) is 2.97. The summed E-state index contributed by atoms with van der Waals surface area (Å²) in [5.41, 5.74) is -0.0343. The molecular formula is C10H11F2NO2. The Morgan fingerprint density at radius 1 is 1.60 bits per heavy atom. The largest absolute Gasteiger partial charge is 0.481 e. The van der Waals surface area contributed by atoms with Crippen LogP contribution in [0.5, 0.6) is 0 Å². The standard InChI is InChI=1S/C10H11F2NO2/c1-6(10(14)15)5-8-7(9(11)12)3-2-4-13-8/h2-4,6,9H,5H2,1H3,(H,14,15). The van der Waals surface area contributed by atoms with Gasteiger partial charge in [-0.15, -0.1) is 0 Å². The van der Waals surface area contributed by atoms with Crippen molar-refractivity contribution in [2.75, 3.05) is 0 Å². The van der Waals surface area contributed by atoms with Crippen LogP contribution in [0, 0.1) is 5.92 Å². The second-order valence-corrected chi connectivity index (χ2v) is 3.28. The molecule has 0 radical (unpaired) electrons. The first-order valence-corrected chi connectivity index (χ1v) is 4.47. The van der Waals surface area contributed by atoms with Crippen LogP contribution in [0.4, 0.5) is 8.78 Å². The van der Waals surface area contributed by atoms with Gasteiger partial charge in [0.25, 0.3) is 6.43 Å². The summed E-state index contributed by atoms with van der Waals surface area (Å²) in [7, 11) is 0. The Hall–Kier alpha value is -1.52. The van der Waals surface area contributed by atoms with Crippen molar-refractivity contribution in [1.29, 1.82) is 0 Å². The summed E-state index contributed by atoms with van der Waals surface area (Å²) in [5.74, 6) is -1.72. The number of carboxylic acid groups (broad SMARTS) is 1. The minimum Gasteiger partial charge on any atom is -0.481 e. The fraction of sp³-hybridized carbons (Fsp3) is 0.400. The molecule has 1 aromatic rings. The van der Waals surface area contributed by atoms with E-state index in [2.05, 4.69) is 4.98 Å². The van der Waals surface area contributed by atoms with Gasteiger partial charge in [0.05, 0.1) is 11.6 Å². The van der Waals surface area contributed by atoms with Gasteiger partial charge in [-0.25, -0.2) is 8.78 Å². The first-order chi connectivity index (χ1) is 7.02. The van der Waals surface area contributed by atoms with E-state index < -0.39 is 18.3 Å². The minimum atomic E-state index is -2.62. The second-order valence-electron chi connectivity index (χ2n) is 3.28. The van der Waals surface area contributed by atoms with Crippen molar-refractivity contribution in [2.24, 2.45) is 5.92 Å². The second kappa shape index (κ2) is 4.82. The highest BCUT2D eigenvalue weighted by Crippen LogP contribution is 2.22. The molecular weight excluding hydrogens is 204 g/mol. The third-order valence-corrected chi connectivity index (χ3v) is 2.08. The first kappa shape index (κ1) is 11.6. The van der Waals surface area contributed by atoms with Gasteiger partial charge >= 0.3 is 5.97 Å². The number of aromatic nitrogens is 1. The number of hydrogen-bond acceptors (Lipinski definition) is 2. The molecule has 0 amide bonds. The van der Waals surface area contributed by atoms with Crippen LogP contribution in [-0.4, -0.2) is 16.1 Å². The van der Waals surface area contributed by atoms with Gasteiger partial charge in [0, 0.05) is 18.2 Å². The number of carbonyl (C=O) groups is 1. The van der Waals surface area contributed by atoms with Gasteiger partial charge in [0.2, 0.25) is 0 Å². The molecule has 15 heavy (non-hydrogen) atoms. The Morgan fingerprint density at radius 2 is 2.27 bits per heavy atom. The maximum absolute atomic E-state index is 12.5. The Kier molecular flexibility index (Phi) is 3.71. The molecule has 0 bridgehead atoms. The highest BCUT2D eigenvalue weighted by molar-refractivity contribution is 5.69. The molecule has 0 aliphatic carbocycles. The van der Waals surface area contributed by atoms with Crippen LogP contribution in [0.15, 0.2) is 18.3 Å². The van der Waals surface area contributed by atoms with Gasteiger partial charge < -0.3 is 5.11 Å². The average molecular weight is 215 g/mol. The quantitative estimate of drug-likeness (QED) is 0.838. The number of nitrogens with zero attached hydrogens (tertiary/aromatic N) is 1. The van der Waals surface area contributed by atoms with E-state index in [0.29, 0.717) is 0 Å². The molecule has 0 fully saturated rings. The van der Waals surface area contributed by atoms with Crippen molar-refractivity contribution in [3.8, 4) is 0 Å². The number of pyridine rings is 1. The predicted molar refractivity (Wildman–Crippen MR) is 49.7 cm³/mol. The molecule has 0 saturated heterocycles. The van der Waals surface area contributed by atoms with E-state index in [9.17, 15) is 13.6 Å². The number of hydrogen-bond donors (Lipinski definition) is 1. The molecule has 1 atom stereocenters. The smallest absolute Gasteiger partial charge is 0.306 e. The monoisotopic (exact) mass is 215 g/mol. The summed E-state index contributed by atoms with van der Waals surface area (Å²) < 4.78 is 25.0. The van der Waals surface area contributed by atoms with Gasteiger partial charge in [-0.3, -0.25) is 9.78 Å². The Bertz CT molecular complexity index is 355. The summed E-state index contributed by atoms with van der Waals surface area (Å²) in [6.07, 6.45) is -1.21. The number of alkyl halides is 2. The lowest BCUT2D eigenvalue weighted by Crippen LogP contribution is -2.14. The van der Waals surface area contributed by atoms with Gasteiger partial charge in [-0.1, -0.05) is 6.92 Å². The Balaban J connectivity index is 2.89. The van der Waals surface area contributed by atoms with E-state index in [-0.39, 0.29) is 17.7 Å². The van der Waals surface area contributed by atoms with Gasteiger partial charge in [-0.05, 0) is 12.1 Å². The van der Waals surface area contributed by atoms with E-state index in [0.717, 1.165) is 0 Å². The van der Waals surface area contributed by atoms with Crippen molar-refractivity contribution in [3.63, 3.8) is 0 Å². The molecule has 0 aromatic carbocycles. The summed E-state index contributed by atoms with van der Waals surface area (Å²) >= 11 is 0. The Morgan fingerprint density at radius 3 is 2.80 bits per heavy atom. The normalized spacial score (nSPS) is 12.8. The van der Waals surface area contributed by atoms with Crippen molar-refractivity contribution in [3.05, 3.63) is 29.6 Å². The van der Waals surface area contributed by atoms with Crippen LogP contribution in [0.3, 0.4) is 0 Å². The topological polar surface area (TPSA) is 50.2 Å². The first-order valence-electron chi connectivity index (χ1n) is 4.47. The molecule has 1 N–H and O–H groups in total. The van der Waals surface area contributed by atoms with Crippen molar-refractivity contribution >= 4 is 5.97 Å². The number of rotatable bonds is 4. The summed E-state index contributed by atoms with van der Waals surface area (Å²) in [6.45, 7) is 1.46. The van der Waals surface area contributed by atoms with Gasteiger partial charge in [0.1, 0.15) is 0 Å². The number of halogens is 2. The highest BCUT2D eigenvalue weighted by atomic mass is 19.3. The molecule has 1 heterocycles. The zero-order valence-corrected chi connectivity index (χ0v) is 8.15. The number of aliphatic carboxylic acids is 1. The van der Waals surface area contributed by atoms with E-state index in [1.54, 1.807) is 0 Å². The van der Waals surface area contributed by atoms with Crippen LogP contribution >= 0.6 is 0 Å². The molecule has 5 heteroatoms. The summed E-state index contributed by atoms with van der Waals surface area (Å²) in [4.78, 5) is 14.3. The summed E-state index contributed by atoms with van der Waals surface area (Å²) in [5, 5.41) is 8.66. The van der Waals surface area contributed by atoms with Gasteiger partial charge in [-0.2, -0.15) is 0 Å². The van der Waals surface area contributed by atoms with Crippen LogP contribution in [0.25, 0.3) is 0 Å². The van der Waals surface area contributed by atoms with Crippen LogP contribution in [0.2, 0.25) is 0 Å². The zero-order chi connectivity index (χ0) is 11.4. The molecule has 0 spiro atoms. The number of carboxylic acids is 1. The lowest BCUT2D eigenvalue weighted by atomic mass is 10.0. The molecule has 1 unspecified atom stereocenters. The predicted octanol–water partition coefficient (Wildman–Crippen LogP) is 2.28. The van der Waals surface area contributed by atoms with E-state index in [1.165, 1.54) is 25.3 Å². The van der Waals surface area contributed by atoms with E-state index in [1.807, 2.05) is 0 Å².